The molecule has 0 aromatic rings. The van der Waals surface area contributed by atoms with Crippen LogP contribution in [0.15, 0.2) is 0 Å². The van der Waals surface area contributed by atoms with Gasteiger partial charge in [-0.25, -0.2) is 0 Å². The van der Waals surface area contributed by atoms with E-state index < -0.39 is 0 Å². The van der Waals surface area contributed by atoms with Gasteiger partial charge in [-0.05, 0) is 25.3 Å². The number of nitrogens with two attached hydrogens (primary N) is 1. The first-order valence-electron chi connectivity index (χ1n) is 5.53. The molecule has 1 saturated carbocycles. The van der Waals surface area contributed by atoms with Gasteiger partial charge >= 0.3 is 0 Å². The average Bonchev–Trinajstić information content (AvgIpc) is 2.17. The van der Waals surface area contributed by atoms with Gasteiger partial charge in [0.2, 0.25) is 0 Å². The fourth-order valence-corrected chi connectivity index (χ4v) is 2.15. The normalized spacial score (nSPS) is 33.4. The molecule has 2 unspecified atom stereocenters. The highest BCUT2D eigenvalue weighted by molar-refractivity contribution is 6.11. The second-order valence-corrected chi connectivity index (χ2v) is 4.42. The first-order chi connectivity index (χ1) is 5.83. The van der Waals surface area contributed by atoms with Gasteiger partial charge in [-0.2, -0.15) is 0 Å². The Morgan fingerprint density at radius 2 is 1.75 bits per heavy atom. The van der Waals surface area contributed by atoms with Crippen LogP contribution in [0.2, 0.25) is 5.82 Å². The van der Waals surface area contributed by atoms with Crippen LogP contribution in [0.5, 0.6) is 0 Å². The van der Waals surface area contributed by atoms with Gasteiger partial charge in [0, 0.05) is 0 Å². The highest BCUT2D eigenvalue weighted by atomic mass is 14.5. The third-order valence-electron chi connectivity index (χ3n) is 3.21. The minimum absolute atomic E-state index is 0.825. The van der Waals surface area contributed by atoms with E-state index in [4.69, 9.17) is 5.73 Å². The molecular formula is C10H22BN. The monoisotopic (exact) mass is 167 g/mol. The van der Waals surface area contributed by atoms with Crippen LogP contribution >= 0.6 is 0 Å². The smallest absolute Gasteiger partial charge is 0.105 e. The van der Waals surface area contributed by atoms with Gasteiger partial charge in [-0.15, -0.1) is 0 Å². The van der Waals surface area contributed by atoms with Gasteiger partial charge in [0.1, 0.15) is 7.85 Å². The Kier molecular flexibility index (Phi) is 4.74. The summed E-state index contributed by atoms with van der Waals surface area (Å²) in [5.74, 6) is 1.77. The molecule has 0 aliphatic heterocycles. The lowest BCUT2D eigenvalue weighted by Crippen LogP contribution is -2.14. The molecule has 0 amide bonds. The molecule has 1 fully saturated rings. The van der Waals surface area contributed by atoms with Gasteiger partial charge < -0.3 is 5.73 Å². The van der Waals surface area contributed by atoms with E-state index in [1.807, 2.05) is 0 Å². The van der Waals surface area contributed by atoms with Crippen LogP contribution in [0.25, 0.3) is 0 Å². The van der Waals surface area contributed by atoms with Crippen molar-refractivity contribution in [1.82, 2.24) is 0 Å². The summed E-state index contributed by atoms with van der Waals surface area (Å²) < 4.78 is 0. The Morgan fingerprint density at radius 3 is 2.50 bits per heavy atom. The molecule has 0 radical (unpaired) electrons. The quantitative estimate of drug-likeness (QED) is 0.591. The van der Waals surface area contributed by atoms with Crippen LogP contribution in [-0.2, 0) is 0 Å². The molecule has 2 atom stereocenters. The molecule has 0 spiro atoms. The summed E-state index contributed by atoms with van der Waals surface area (Å²) >= 11 is 0. The summed E-state index contributed by atoms with van der Waals surface area (Å²) in [7, 11) is 2.39. The maximum Gasteiger partial charge on any atom is 0.105 e. The van der Waals surface area contributed by atoms with Crippen molar-refractivity contribution >= 4 is 7.85 Å². The Hall–Kier alpha value is 0.0249. The van der Waals surface area contributed by atoms with E-state index in [0.717, 1.165) is 18.3 Å². The molecule has 0 bridgehead atoms. The first kappa shape index (κ1) is 10.1. The molecule has 1 nitrogen and oxygen atoms in total. The van der Waals surface area contributed by atoms with Gasteiger partial charge in [-0.1, -0.05) is 37.9 Å². The molecule has 1 aliphatic rings. The van der Waals surface area contributed by atoms with E-state index >= 15 is 0 Å². The fraction of sp³-hybridized carbons (Fsp3) is 1.00. The summed E-state index contributed by atoms with van der Waals surface area (Å²) in [5, 5.41) is 0. The van der Waals surface area contributed by atoms with Crippen molar-refractivity contribution in [1.29, 1.82) is 0 Å². The van der Waals surface area contributed by atoms with Crippen molar-refractivity contribution < 1.29 is 0 Å². The van der Waals surface area contributed by atoms with E-state index in [2.05, 4.69) is 7.85 Å². The number of hydrogen-bond acceptors (Lipinski definition) is 1. The highest BCUT2D eigenvalue weighted by Gasteiger charge is 2.11. The molecular weight excluding hydrogens is 145 g/mol. The Morgan fingerprint density at radius 1 is 1.00 bits per heavy atom. The predicted molar refractivity (Wildman–Crippen MR) is 57.2 cm³/mol. The first-order valence-corrected chi connectivity index (χ1v) is 5.53. The van der Waals surface area contributed by atoms with Crippen LogP contribution in [0, 0.1) is 5.92 Å². The molecule has 0 aromatic heterocycles. The maximum absolute atomic E-state index is 5.72. The predicted octanol–water partition coefficient (Wildman–Crippen LogP) is 1.73. The maximum atomic E-state index is 5.72. The van der Waals surface area contributed by atoms with Crippen molar-refractivity contribution in [3.63, 3.8) is 0 Å². The number of hydrogen-bond donors (Lipinski definition) is 1. The lowest BCUT2D eigenvalue weighted by atomic mass is 9.79. The summed E-state index contributed by atoms with van der Waals surface area (Å²) in [6.45, 7) is 0.909. The van der Waals surface area contributed by atoms with Crippen molar-refractivity contribution in [2.75, 3.05) is 6.54 Å². The van der Waals surface area contributed by atoms with E-state index in [9.17, 15) is 0 Å². The molecule has 2 N–H and O–H groups in total. The number of rotatable bonds is 1. The SMILES string of the molecule is BC1CCCCCC(CN)CC1. The zero-order valence-electron chi connectivity index (χ0n) is 8.39. The molecule has 2 heteroatoms. The van der Waals surface area contributed by atoms with Crippen molar-refractivity contribution in [3.8, 4) is 0 Å². The molecule has 1 rings (SSSR count). The second-order valence-electron chi connectivity index (χ2n) is 4.42. The van der Waals surface area contributed by atoms with Crippen molar-refractivity contribution in [2.45, 2.75) is 50.8 Å². The van der Waals surface area contributed by atoms with Crippen LogP contribution in [0.1, 0.15) is 44.9 Å². The third kappa shape index (κ3) is 3.62. The lowest BCUT2D eigenvalue weighted by molar-refractivity contribution is 0.437. The van der Waals surface area contributed by atoms with E-state index in [0.29, 0.717) is 0 Å². The third-order valence-corrected chi connectivity index (χ3v) is 3.21. The fourth-order valence-electron chi connectivity index (χ4n) is 2.15. The Balaban J connectivity index is 2.29. The van der Waals surface area contributed by atoms with E-state index in [-0.39, 0.29) is 0 Å². The van der Waals surface area contributed by atoms with Crippen LogP contribution in [0.4, 0.5) is 0 Å². The second kappa shape index (κ2) is 5.63. The standard InChI is InChI=1S/C10H22BN/c11-10-5-3-1-2-4-9(8-12)6-7-10/h9-10H,1-8,11-12H2. The van der Waals surface area contributed by atoms with E-state index in [1.54, 1.807) is 0 Å². The van der Waals surface area contributed by atoms with E-state index in [1.165, 1.54) is 44.9 Å². The summed E-state index contributed by atoms with van der Waals surface area (Å²) in [6, 6.07) is 0. The van der Waals surface area contributed by atoms with Crippen LogP contribution in [0.3, 0.4) is 0 Å². The highest BCUT2D eigenvalue weighted by Crippen LogP contribution is 2.26. The summed E-state index contributed by atoms with van der Waals surface area (Å²) in [5.41, 5.74) is 5.72. The largest absolute Gasteiger partial charge is 0.330 e. The van der Waals surface area contributed by atoms with Gasteiger partial charge in [0.05, 0.1) is 0 Å². The zero-order chi connectivity index (χ0) is 8.81. The molecule has 1 aliphatic carbocycles. The van der Waals surface area contributed by atoms with Crippen molar-refractivity contribution in [3.05, 3.63) is 0 Å². The van der Waals surface area contributed by atoms with Gasteiger partial charge in [-0.3, -0.25) is 0 Å². The van der Waals surface area contributed by atoms with Gasteiger partial charge in [0.15, 0.2) is 0 Å². The molecule has 70 valence electrons. The summed E-state index contributed by atoms with van der Waals surface area (Å²) in [4.78, 5) is 0. The Labute approximate surface area is 77.5 Å². The Bertz CT molecular complexity index is 116. The zero-order valence-corrected chi connectivity index (χ0v) is 8.39. The average molecular weight is 167 g/mol. The molecule has 12 heavy (non-hydrogen) atoms. The minimum atomic E-state index is 0.825. The van der Waals surface area contributed by atoms with Crippen LogP contribution in [-0.4, -0.2) is 14.4 Å². The molecule has 0 saturated heterocycles. The topological polar surface area (TPSA) is 26.0 Å². The van der Waals surface area contributed by atoms with Crippen molar-refractivity contribution in [2.24, 2.45) is 11.7 Å². The lowest BCUT2D eigenvalue weighted by Gasteiger charge is -2.14. The minimum Gasteiger partial charge on any atom is -0.330 e. The molecule has 0 heterocycles. The summed E-state index contributed by atoms with van der Waals surface area (Å²) in [6.07, 6.45) is 9.88. The van der Waals surface area contributed by atoms with Crippen LogP contribution < -0.4 is 5.73 Å². The molecule has 0 aromatic carbocycles. The van der Waals surface area contributed by atoms with Gasteiger partial charge in [0.25, 0.3) is 0 Å².